The van der Waals surface area contributed by atoms with Crippen LogP contribution in [-0.2, 0) is 9.59 Å². The molecule has 2 aromatic rings. The third-order valence-corrected chi connectivity index (χ3v) is 17.8. The van der Waals surface area contributed by atoms with Gasteiger partial charge in [-0.3, -0.25) is 39.9 Å². The minimum absolute atomic E-state index is 0.0407. The number of aliphatic imine (C=N–C) groups is 1. The van der Waals surface area contributed by atoms with E-state index in [0.717, 1.165) is 50.5 Å². The molecule has 2 aromatic carbocycles. The largest absolute Gasteiger partial charge is 0.489 e. The van der Waals surface area contributed by atoms with Gasteiger partial charge in [0.1, 0.15) is 24.2 Å². The molecule has 9 rings (SSSR count). The highest BCUT2D eigenvalue weighted by atomic mass is 35.5. The quantitative estimate of drug-likeness (QED) is 0.194. The van der Waals surface area contributed by atoms with Gasteiger partial charge in [-0.25, -0.2) is 10.9 Å². The first-order valence-electron chi connectivity index (χ1n) is 23.8. The molecule has 0 bridgehead atoms. The normalized spacial score (nSPS) is 34.8. The zero-order valence-electron chi connectivity index (χ0n) is 39.2. The van der Waals surface area contributed by atoms with Gasteiger partial charge >= 0.3 is 0 Å². The van der Waals surface area contributed by atoms with Gasteiger partial charge in [0.05, 0.1) is 46.7 Å². The minimum atomic E-state index is -0.311. The van der Waals surface area contributed by atoms with Gasteiger partial charge in [0.15, 0.2) is 0 Å². The van der Waals surface area contributed by atoms with Crippen LogP contribution in [0.5, 0.6) is 5.75 Å². The number of hydrogen-bond acceptors (Lipinski definition) is 14. The van der Waals surface area contributed by atoms with Crippen LogP contribution in [0.1, 0.15) is 72.9 Å². The van der Waals surface area contributed by atoms with E-state index in [-0.39, 0.29) is 76.7 Å². The van der Waals surface area contributed by atoms with Crippen LogP contribution >= 0.6 is 23.4 Å². The number of nitrogens with zero attached hydrogens (tertiary/aromatic N) is 6. The number of rotatable bonds is 11. The molecule has 6 fully saturated rings. The molecule has 17 heteroatoms. The average Bonchev–Trinajstić information content (AvgIpc) is 3.75. The summed E-state index contributed by atoms with van der Waals surface area (Å²) in [4.78, 5) is 42.2. The van der Waals surface area contributed by atoms with Crippen LogP contribution in [0.4, 0.5) is 5.69 Å². The molecular formula is C48H69ClN12O3S. The van der Waals surface area contributed by atoms with Crippen molar-refractivity contribution in [2.45, 2.75) is 115 Å². The van der Waals surface area contributed by atoms with E-state index in [1.165, 1.54) is 5.69 Å². The SMILES string of the molecule is CCNC(=O)C[C@@H]1N=C(c2ccc(N3CCN(C4CN(C5NCC(C(=O)NC6C(C)(C)C(Oc7ccc(C#N)c(Cl)c7)C6(C)C)CN5)C4)CC3)cc2)C2C(C)C(C)SC2N2C(C)NNC12. The molecule has 6 heterocycles. The Morgan fingerprint density at radius 3 is 2.31 bits per heavy atom. The van der Waals surface area contributed by atoms with Gasteiger partial charge in [-0.2, -0.15) is 5.26 Å². The molecule has 7 aliphatic rings. The van der Waals surface area contributed by atoms with Crippen molar-refractivity contribution >= 4 is 46.6 Å². The van der Waals surface area contributed by atoms with E-state index in [2.05, 4.69) is 131 Å². The van der Waals surface area contributed by atoms with Crippen LogP contribution in [0.15, 0.2) is 47.5 Å². The standard InChI is InChI=1S/C48H69ClN12O3S/c1-9-51-38(62)21-37-41-57-56-29(4)61(41)43-39(27(2)28(3)65-43)40(54-37)30-10-13-33(14-11-30)58-16-18-59(19-17-58)34-25-60(26-34)46-52-23-32(24-53-46)42(63)55-44-47(5,6)45(48(44,7)8)64-35-15-12-31(22-50)36(49)20-35/h10-15,20,27-29,32,34,37,39,41,43-46,52-53,56-57H,9,16-19,21,23-26H2,1-8H3,(H,51,62)(H,55,63)/t27?,28?,29?,32?,37-,39?,41?,43?,44?,45?,46?/m0/s1. The fraction of sp³-hybridized carbons (Fsp3) is 0.667. The number of amides is 2. The average molecular weight is 930 g/mol. The van der Waals surface area contributed by atoms with E-state index in [1.54, 1.807) is 18.2 Å². The number of benzene rings is 2. The lowest BCUT2D eigenvalue weighted by atomic mass is 9.49. The van der Waals surface area contributed by atoms with Crippen molar-refractivity contribution in [2.24, 2.45) is 33.6 Å². The molecule has 2 amide bonds. The number of ether oxygens (including phenoxy) is 1. The lowest BCUT2D eigenvalue weighted by molar-refractivity contribution is -0.175. The molecule has 65 heavy (non-hydrogen) atoms. The summed E-state index contributed by atoms with van der Waals surface area (Å²) in [7, 11) is 0. The first kappa shape index (κ1) is 46.6. The first-order valence-corrected chi connectivity index (χ1v) is 25.2. The number of hydrazine groups is 1. The number of hydrogen-bond donors (Lipinski definition) is 6. The Labute approximate surface area is 394 Å². The lowest BCUT2D eigenvalue weighted by Crippen LogP contribution is -2.76. The number of fused-ring (bicyclic) bond motifs is 3. The van der Waals surface area contributed by atoms with Crippen LogP contribution in [0.3, 0.4) is 0 Å². The third-order valence-electron chi connectivity index (χ3n) is 15.8. The minimum Gasteiger partial charge on any atom is -0.489 e. The molecule has 352 valence electrons. The van der Waals surface area contributed by atoms with Crippen LogP contribution < -0.4 is 41.8 Å². The maximum absolute atomic E-state index is 13.6. The molecule has 0 spiro atoms. The second-order valence-electron chi connectivity index (χ2n) is 20.6. The number of carbonyl (C=O) groups is 2. The predicted molar refractivity (Wildman–Crippen MR) is 257 cm³/mol. The van der Waals surface area contributed by atoms with E-state index in [4.69, 9.17) is 21.3 Å². The van der Waals surface area contributed by atoms with Crippen LogP contribution in [0.2, 0.25) is 5.02 Å². The summed E-state index contributed by atoms with van der Waals surface area (Å²) in [6.45, 7) is 25.3. The molecule has 15 nitrogen and oxygen atoms in total. The highest BCUT2D eigenvalue weighted by Gasteiger charge is 2.64. The first-order chi connectivity index (χ1) is 31.1. The van der Waals surface area contributed by atoms with Crippen molar-refractivity contribution < 1.29 is 14.3 Å². The number of halogens is 1. The molecule has 5 saturated heterocycles. The van der Waals surface area contributed by atoms with Gasteiger partial charge in [-0.15, -0.1) is 11.8 Å². The van der Waals surface area contributed by atoms with Crippen molar-refractivity contribution in [3.63, 3.8) is 0 Å². The summed E-state index contributed by atoms with van der Waals surface area (Å²) in [6.07, 6.45) is 0.343. The van der Waals surface area contributed by atoms with Gasteiger partial charge < -0.3 is 20.3 Å². The smallest absolute Gasteiger partial charge is 0.225 e. The molecule has 7 atom stereocenters. The summed E-state index contributed by atoms with van der Waals surface area (Å²) in [5.41, 5.74) is 10.3. The predicted octanol–water partition coefficient (Wildman–Crippen LogP) is 3.60. The fourth-order valence-corrected chi connectivity index (χ4v) is 14.2. The Morgan fingerprint density at radius 1 is 0.969 bits per heavy atom. The number of carbonyl (C=O) groups excluding carboxylic acids is 2. The van der Waals surface area contributed by atoms with Crippen molar-refractivity contribution in [3.05, 3.63) is 58.6 Å². The summed E-state index contributed by atoms with van der Waals surface area (Å²) in [5, 5.41) is 24.0. The Bertz CT molecular complexity index is 2130. The molecule has 0 aromatic heterocycles. The van der Waals surface area contributed by atoms with Crippen molar-refractivity contribution in [2.75, 3.05) is 63.8 Å². The second kappa shape index (κ2) is 18.5. The lowest BCUT2D eigenvalue weighted by Gasteiger charge is -2.63. The Hall–Kier alpha value is -3.50. The van der Waals surface area contributed by atoms with E-state index >= 15 is 0 Å². The molecule has 1 aliphatic carbocycles. The molecule has 6 aliphatic heterocycles. The Morgan fingerprint density at radius 2 is 1.66 bits per heavy atom. The maximum atomic E-state index is 13.6. The molecular weight excluding hydrogens is 860 g/mol. The zero-order chi connectivity index (χ0) is 45.9. The van der Waals surface area contributed by atoms with Gasteiger partial charge in [0, 0.05) is 110 Å². The highest BCUT2D eigenvalue weighted by Crippen LogP contribution is 2.56. The fourth-order valence-electron chi connectivity index (χ4n) is 12.2. The second-order valence-corrected chi connectivity index (χ2v) is 22.5. The molecule has 1 saturated carbocycles. The van der Waals surface area contributed by atoms with Crippen molar-refractivity contribution in [1.29, 1.82) is 5.26 Å². The number of thioether (sulfide) groups is 1. The number of nitrogens with one attached hydrogen (secondary N) is 6. The van der Waals surface area contributed by atoms with Gasteiger partial charge in [0.25, 0.3) is 0 Å². The van der Waals surface area contributed by atoms with E-state index < -0.39 is 0 Å². The van der Waals surface area contributed by atoms with Gasteiger partial charge in [-0.1, -0.05) is 65.3 Å². The Balaban J connectivity index is 0.745. The summed E-state index contributed by atoms with van der Waals surface area (Å²) < 4.78 is 6.43. The maximum Gasteiger partial charge on any atom is 0.225 e. The molecule has 0 radical (unpaired) electrons. The summed E-state index contributed by atoms with van der Waals surface area (Å²) in [5.74, 6) is 1.25. The number of likely N-dealkylation sites (tertiary alicyclic amines) is 1. The number of anilines is 1. The third kappa shape index (κ3) is 8.79. The molecule has 6 unspecified atom stereocenters. The highest BCUT2D eigenvalue weighted by molar-refractivity contribution is 8.00. The summed E-state index contributed by atoms with van der Waals surface area (Å²) in [6, 6.07) is 16.6. The number of nitriles is 1. The van der Waals surface area contributed by atoms with Crippen LogP contribution in [0.25, 0.3) is 0 Å². The van der Waals surface area contributed by atoms with E-state index in [9.17, 15) is 14.9 Å². The zero-order valence-corrected chi connectivity index (χ0v) is 40.8. The Kier molecular flexibility index (Phi) is 13.3. The van der Waals surface area contributed by atoms with E-state index in [1.807, 2.05) is 18.7 Å². The molecule has 6 N–H and O–H groups in total. The summed E-state index contributed by atoms with van der Waals surface area (Å²) >= 11 is 8.33. The van der Waals surface area contributed by atoms with Crippen molar-refractivity contribution in [1.82, 2.24) is 46.8 Å². The number of piperazine rings is 1. The van der Waals surface area contributed by atoms with Gasteiger partial charge in [0.2, 0.25) is 11.8 Å². The van der Waals surface area contributed by atoms with Crippen LogP contribution in [0, 0.1) is 39.9 Å². The van der Waals surface area contributed by atoms with Crippen molar-refractivity contribution in [3.8, 4) is 11.8 Å². The topological polar surface area (TPSA) is 165 Å². The van der Waals surface area contributed by atoms with E-state index in [0.29, 0.717) is 59.6 Å². The monoisotopic (exact) mass is 929 g/mol. The van der Waals surface area contributed by atoms with Crippen LogP contribution in [-0.4, -0.2) is 145 Å². The van der Waals surface area contributed by atoms with Gasteiger partial charge in [-0.05, 0) is 49.6 Å².